The van der Waals surface area contributed by atoms with Crippen LogP contribution in [0.25, 0.3) is 0 Å². The summed E-state index contributed by atoms with van der Waals surface area (Å²) in [6, 6.07) is 2.11. The standard InChI is InChI=1S/C15H25NO3/c1-3-19-14(17)15(2,12-16)9-5-4-6-13-7-10-18-11-8-13/h13H,3-11H2,1-2H3. The van der Waals surface area contributed by atoms with Crippen LogP contribution < -0.4 is 0 Å². The number of hydrogen-bond acceptors (Lipinski definition) is 4. The molecule has 0 aromatic carbocycles. The van der Waals surface area contributed by atoms with Gasteiger partial charge in [-0.1, -0.05) is 19.3 Å². The molecule has 0 amide bonds. The van der Waals surface area contributed by atoms with E-state index < -0.39 is 5.41 Å². The first-order chi connectivity index (χ1) is 9.12. The molecule has 1 atom stereocenters. The van der Waals surface area contributed by atoms with E-state index in [2.05, 4.69) is 6.07 Å². The molecule has 1 aliphatic rings. The number of ether oxygens (including phenoxy) is 2. The Morgan fingerprint density at radius 3 is 2.68 bits per heavy atom. The van der Waals surface area contributed by atoms with E-state index in [1.165, 1.54) is 6.42 Å². The topological polar surface area (TPSA) is 59.3 Å². The molecule has 1 saturated heterocycles. The van der Waals surface area contributed by atoms with Crippen LogP contribution in [0.1, 0.15) is 52.4 Å². The molecule has 0 aliphatic carbocycles. The Balaban J connectivity index is 2.25. The van der Waals surface area contributed by atoms with E-state index in [9.17, 15) is 4.79 Å². The minimum Gasteiger partial charge on any atom is -0.465 e. The Morgan fingerprint density at radius 2 is 2.11 bits per heavy atom. The lowest BCUT2D eigenvalue weighted by atomic mass is 9.85. The van der Waals surface area contributed by atoms with Crippen molar-refractivity contribution in [1.82, 2.24) is 0 Å². The molecule has 4 heteroatoms. The largest absolute Gasteiger partial charge is 0.465 e. The van der Waals surface area contributed by atoms with E-state index in [1.807, 2.05) is 0 Å². The van der Waals surface area contributed by atoms with Crippen molar-refractivity contribution >= 4 is 5.97 Å². The number of carbonyl (C=O) groups is 1. The number of carbonyl (C=O) groups excluding carboxylic acids is 1. The average molecular weight is 267 g/mol. The van der Waals surface area contributed by atoms with Gasteiger partial charge in [-0.25, -0.2) is 0 Å². The molecule has 1 heterocycles. The number of nitrogens with zero attached hydrogens (tertiary/aromatic N) is 1. The number of hydrogen-bond donors (Lipinski definition) is 0. The Morgan fingerprint density at radius 1 is 1.42 bits per heavy atom. The molecule has 0 aromatic heterocycles. The SMILES string of the molecule is CCOC(=O)C(C)(C#N)CCCCC1CCOCC1. The van der Waals surface area contributed by atoms with E-state index in [0.29, 0.717) is 13.0 Å². The van der Waals surface area contributed by atoms with Crippen LogP contribution >= 0.6 is 0 Å². The molecule has 0 saturated carbocycles. The smallest absolute Gasteiger partial charge is 0.326 e. The second-order valence-corrected chi connectivity index (χ2v) is 5.47. The van der Waals surface area contributed by atoms with Gasteiger partial charge >= 0.3 is 5.97 Å². The van der Waals surface area contributed by atoms with Crippen molar-refractivity contribution in [3.63, 3.8) is 0 Å². The first-order valence-corrected chi connectivity index (χ1v) is 7.28. The van der Waals surface area contributed by atoms with Gasteiger partial charge in [0, 0.05) is 13.2 Å². The van der Waals surface area contributed by atoms with Gasteiger partial charge in [0.05, 0.1) is 12.7 Å². The fourth-order valence-corrected chi connectivity index (χ4v) is 2.44. The third-order valence-corrected chi connectivity index (χ3v) is 3.85. The molecular formula is C15H25NO3. The van der Waals surface area contributed by atoms with Gasteiger partial charge < -0.3 is 9.47 Å². The lowest BCUT2D eigenvalue weighted by Crippen LogP contribution is -2.28. The molecule has 0 radical (unpaired) electrons. The lowest BCUT2D eigenvalue weighted by molar-refractivity contribution is -0.151. The van der Waals surface area contributed by atoms with E-state index in [1.54, 1.807) is 13.8 Å². The molecule has 1 fully saturated rings. The predicted octanol–water partition coefficient (Wildman–Crippen LogP) is 3.07. The van der Waals surface area contributed by atoms with E-state index >= 15 is 0 Å². The maximum atomic E-state index is 11.7. The molecule has 1 rings (SSSR count). The number of rotatable bonds is 7. The van der Waals surface area contributed by atoms with Crippen LogP contribution in [0.4, 0.5) is 0 Å². The first kappa shape index (κ1) is 16.0. The molecule has 4 nitrogen and oxygen atoms in total. The van der Waals surface area contributed by atoms with E-state index in [-0.39, 0.29) is 5.97 Å². The van der Waals surface area contributed by atoms with Crippen LogP contribution in [-0.4, -0.2) is 25.8 Å². The minimum atomic E-state index is -0.980. The maximum absolute atomic E-state index is 11.7. The maximum Gasteiger partial charge on any atom is 0.326 e. The van der Waals surface area contributed by atoms with Crippen molar-refractivity contribution < 1.29 is 14.3 Å². The van der Waals surface area contributed by atoms with Gasteiger partial charge in [0.25, 0.3) is 0 Å². The summed E-state index contributed by atoms with van der Waals surface area (Å²) < 4.78 is 10.3. The summed E-state index contributed by atoms with van der Waals surface area (Å²) in [5.41, 5.74) is -0.980. The zero-order valence-corrected chi connectivity index (χ0v) is 12.1. The Labute approximate surface area is 116 Å². The third kappa shape index (κ3) is 5.20. The zero-order chi connectivity index (χ0) is 14.1. The first-order valence-electron chi connectivity index (χ1n) is 7.28. The normalized spacial score (nSPS) is 19.4. The van der Waals surface area contributed by atoms with Gasteiger partial charge in [0.1, 0.15) is 0 Å². The van der Waals surface area contributed by atoms with Crippen LogP contribution in [0.5, 0.6) is 0 Å². The van der Waals surface area contributed by atoms with Gasteiger partial charge in [0.15, 0.2) is 5.41 Å². The lowest BCUT2D eigenvalue weighted by Gasteiger charge is -2.23. The summed E-state index contributed by atoms with van der Waals surface area (Å²) in [6.45, 7) is 5.53. The van der Waals surface area contributed by atoms with Crippen molar-refractivity contribution in [3.8, 4) is 6.07 Å². The van der Waals surface area contributed by atoms with Gasteiger partial charge in [-0.2, -0.15) is 5.26 Å². The van der Waals surface area contributed by atoms with Gasteiger partial charge in [-0.3, -0.25) is 4.79 Å². The fourth-order valence-electron chi connectivity index (χ4n) is 2.44. The zero-order valence-electron chi connectivity index (χ0n) is 12.1. The summed E-state index contributed by atoms with van der Waals surface area (Å²) >= 11 is 0. The monoisotopic (exact) mass is 267 g/mol. The van der Waals surface area contributed by atoms with Crippen LogP contribution in [-0.2, 0) is 14.3 Å². The highest BCUT2D eigenvalue weighted by molar-refractivity contribution is 5.79. The van der Waals surface area contributed by atoms with Crippen LogP contribution in [0.2, 0.25) is 0 Å². The summed E-state index contributed by atoms with van der Waals surface area (Å²) in [7, 11) is 0. The van der Waals surface area contributed by atoms with E-state index in [0.717, 1.165) is 44.8 Å². The summed E-state index contributed by atoms with van der Waals surface area (Å²) in [6.07, 6.45) is 6.03. The van der Waals surface area contributed by atoms with Crippen LogP contribution in [0.15, 0.2) is 0 Å². The fraction of sp³-hybridized carbons (Fsp3) is 0.867. The second-order valence-electron chi connectivity index (χ2n) is 5.47. The van der Waals surface area contributed by atoms with Gasteiger partial charge in [-0.15, -0.1) is 0 Å². The molecule has 0 bridgehead atoms. The number of nitriles is 1. The van der Waals surface area contributed by atoms with Crippen molar-refractivity contribution in [2.75, 3.05) is 19.8 Å². The molecule has 19 heavy (non-hydrogen) atoms. The second kappa shape index (κ2) is 8.16. The third-order valence-electron chi connectivity index (χ3n) is 3.85. The van der Waals surface area contributed by atoms with Gasteiger partial charge in [0.2, 0.25) is 0 Å². The average Bonchev–Trinajstić information content (AvgIpc) is 2.44. The van der Waals surface area contributed by atoms with Gasteiger partial charge in [-0.05, 0) is 39.0 Å². The highest BCUT2D eigenvalue weighted by atomic mass is 16.5. The molecule has 1 aliphatic heterocycles. The number of esters is 1. The molecule has 0 spiro atoms. The Kier molecular flexibility index (Phi) is 6.86. The summed E-state index contributed by atoms with van der Waals surface area (Å²) in [5, 5.41) is 9.16. The Hall–Kier alpha value is -1.08. The molecular weight excluding hydrogens is 242 g/mol. The minimum absolute atomic E-state index is 0.332. The highest BCUT2D eigenvalue weighted by Crippen LogP contribution is 2.27. The Bertz CT molecular complexity index is 318. The molecule has 108 valence electrons. The molecule has 1 unspecified atom stereocenters. The van der Waals surface area contributed by atoms with Crippen LogP contribution in [0, 0.1) is 22.7 Å². The van der Waals surface area contributed by atoms with E-state index in [4.69, 9.17) is 14.7 Å². The van der Waals surface area contributed by atoms with Crippen LogP contribution in [0.3, 0.4) is 0 Å². The predicted molar refractivity (Wildman–Crippen MR) is 72.4 cm³/mol. The number of unbranched alkanes of at least 4 members (excludes halogenated alkanes) is 1. The van der Waals surface area contributed by atoms with Crippen molar-refractivity contribution in [1.29, 1.82) is 5.26 Å². The summed E-state index contributed by atoms with van der Waals surface area (Å²) in [5.74, 6) is 0.369. The molecule has 0 N–H and O–H groups in total. The van der Waals surface area contributed by atoms with Crippen molar-refractivity contribution in [3.05, 3.63) is 0 Å². The van der Waals surface area contributed by atoms with Crippen molar-refractivity contribution in [2.24, 2.45) is 11.3 Å². The quantitative estimate of drug-likeness (QED) is 0.525. The van der Waals surface area contributed by atoms with Crippen molar-refractivity contribution in [2.45, 2.75) is 52.4 Å². The summed E-state index contributed by atoms with van der Waals surface area (Å²) in [4.78, 5) is 11.7. The highest BCUT2D eigenvalue weighted by Gasteiger charge is 2.34. The molecule has 0 aromatic rings.